The minimum atomic E-state index is -0.607. The predicted octanol–water partition coefficient (Wildman–Crippen LogP) is 6.52. The van der Waals surface area contributed by atoms with Crippen LogP contribution >= 0.6 is 0 Å². The zero-order chi connectivity index (χ0) is 26.4. The van der Waals surface area contributed by atoms with E-state index in [0.717, 1.165) is 22.3 Å². The van der Waals surface area contributed by atoms with Crippen LogP contribution in [0.2, 0.25) is 0 Å². The second-order valence-electron chi connectivity index (χ2n) is 9.90. The van der Waals surface area contributed by atoms with E-state index in [1.165, 1.54) is 48.5 Å². The van der Waals surface area contributed by atoms with E-state index in [-0.39, 0.29) is 5.78 Å². The molecule has 0 aliphatic carbocycles. The summed E-state index contributed by atoms with van der Waals surface area (Å²) in [6.45, 7) is 0. The molecule has 6 atom stereocenters. The Hall–Kier alpha value is -3.81. The lowest BCUT2D eigenvalue weighted by Crippen LogP contribution is -2.60. The van der Waals surface area contributed by atoms with Gasteiger partial charge in [-0.05, 0) is 70.8 Å². The fourth-order valence-corrected chi connectivity index (χ4v) is 5.96. The fraction of sp³-hybridized carbons (Fsp3) is 0.194. The molecule has 2 bridgehead atoms. The van der Waals surface area contributed by atoms with Gasteiger partial charge in [-0.1, -0.05) is 48.5 Å². The highest BCUT2D eigenvalue weighted by atomic mass is 19.1. The van der Waals surface area contributed by atoms with Gasteiger partial charge in [-0.25, -0.2) is 17.6 Å². The summed E-state index contributed by atoms with van der Waals surface area (Å²) >= 11 is 0. The average Bonchev–Trinajstić information content (AvgIpc) is 2.91. The van der Waals surface area contributed by atoms with E-state index in [4.69, 9.17) is 0 Å². The van der Waals surface area contributed by atoms with Gasteiger partial charge >= 0.3 is 0 Å². The highest BCUT2D eigenvalue weighted by Gasteiger charge is 2.55. The molecule has 0 saturated carbocycles. The molecule has 2 fully saturated rings. The number of ketones is 1. The first-order valence-electron chi connectivity index (χ1n) is 12.5. The smallest absolute Gasteiger partial charge is 0.146 e. The number of nitrogens with one attached hydrogen (secondary N) is 2. The molecule has 2 unspecified atom stereocenters. The van der Waals surface area contributed by atoms with Crippen LogP contribution in [-0.2, 0) is 4.79 Å². The number of hydrogen-bond donors (Lipinski definition) is 2. The lowest BCUT2D eigenvalue weighted by molar-refractivity contribution is -0.139. The largest absolute Gasteiger partial charge is 0.302 e. The number of piperidine rings is 2. The van der Waals surface area contributed by atoms with Gasteiger partial charge in [0.25, 0.3) is 0 Å². The van der Waals surface area contributed by atoms with Crippen molar-refractivity contribution in [3.05, 3.63) is 143 Å². The molecular formula is C31H24F4N2O. The van der Waals surface area contributed by atoms with Gasteiger partial charge in [0.2, 0.25) is 0 Å². The first kappa shape index (κ1) is 24.5. The highest BCUT2D eigenvalue weighted by molar-refractivity contribution is 5.89. The third-order valence-corrected chi connectivity index (χ3v) is 7.73. The number of hydrogen-bond acceptors (Lipinski definition) is 3. The minimum absolute atomic E-state index is 0.0326. The van der Waals surface area contributed by atoms with E-state index in [1.54, 1.807) is 48.5 Å². The summed E-state index contributed by atoms with van der Waals surface area (Å²) in [5, 5.41) is 7.25. The van der Waals surface area contributed by atoms with Crippen molar-refractivity contribution in [3.63, 3.8) is 0 Å². The van der Waals surface area contributed by atoms with Gasteiger partial charge in [-0.2, -0.15) is 0 Å². The number of Topliss-reactive ketones (excluding diaryl/α,β-unsaturated/α-hetero) is 1. The third-order valence-electron chi connectivity index (χ3n) is 7.73. The number of carbonyl (C=O) groups is 1. The van der Waals surface area contributed by atoms with Crippen LogP contribution in [0.25, 0.3) is 0 Å². The molecule has 2 saturated heterocycles. The van der Waals surface area contributed by atoms with Gasteiger partial charge < -0.3 is 10.6 Å². The number of carbonyl (C=O) groups excluding carboxylic acids is 1. The maximum Gasteiger partial charge on any atom is 0.146 e. The van der Waals surface area contributed by atoms with Crippen LogP contribution in [0.4, 0.5) is 17.6 Å². The normalized spacial score (nSPS) is 26.8. The van der Waals surface area contributed by atoms with Gasteiger partial charge in [0.15, 0.2) is 0 Å². The molecule has 6 rings (SSSR count). The van der Waals surface area contributed by atoms with Crippen molar-refractivity contribution in [3.8, 4) is 0 Å². The Morgan fingerprint density at radius 3 is 0.816 bits per heavy atom. The van der Waals surface area contributed by atoms with E-state index in [9.17, 15) is 22.4 Å². The first-order valence-corrected chi connectivity index (χ1v) is 12.5. The predicted molar refractivity (Wildman–Crippen MR) is 135 cm³/mol. The molecule has 2 N–H and O–H groups in total. The molecule has 2 aliphatic heterocycles. The SMILES string of the molecule is O=C1C2[C@@H](c3ccc(F)cc3)N[C@@H](c3ccc(F)cc3)C1[C@H](c1ccc(F)cc1)N[C@H]2c1ccc(F)cc1. The zero-order valence-electron chi connectivity index (χ0n) is 20.1. The molecule has 2 heterocycles. The van der Waals surface area contributed by atoms with E-state index >= 15 is 0 Å². The fourth-order valence-electron chi connectivity index (χ4n) is 5.96. The Bertz CT molecular complexity index is 1230. The third kappa shape index (κ3) is 4.42. The van der Waals surface area contributed by atoms with Crippen molar-refractivity contribution in [2.24, 2.45) is 11.8 Å². The average molecular weight is 517 g/mol. The molecule has 0 spiro atoms. The van der Waals surface area contributed by atoms with Crippen LogP contribution in [0.1, 0.15) is 46.4 Å². The number of fused-ring (bicyclic) bond motifs is 2. The van der Waals surface area contributed by atoms with Gasteiger partial charge in [0.05, 0.1) is 11.8 Å². The molecular weight excluding hydrogens is 492 g/mol. The molecule has 0 amide bonds. The molecule has 7 heteroatoms. The monoisotopic (exact) mass is 516 g/mol. The van der Waals surface area contributed by atoms with E-state index in [0.29, 0.717) is 0 Å². The quantitative estimate of drug-likeness (QED) is 0.304. The van der Waals surface area contributed by atoms with Crippen molar-refractivity contribution in [2.75, 3.05) is 0 Å². The van der Waals surface area contributed by atoms with Crippen molar-refractivity contribution >= 4 is 5.78 Å². The van der Waals surface area contributed by atoms with E-state index in [2.05, 4.69) is 10.6 Å². The van der Waals surface area contributed by atoms with Crippen LogP contribution < -0.4 is 10.6 Å². The number of rotatable bonds is 4. The standard InChI is InChI=1S/C31H24F4N2O/c32-21-9-1-17(2-10-21)27-25-28(18-3-11-22(33)12-4-18)37-30(20-7-15-24(35)16-8-20)26(31(25)38)29(36-27)19-5-13-23(34)14-6-19/h1-16,25-30,36-37H/t25?,26?,27-,28-,29-,30+/m0/s1. The topological polar surface area (TPSA) is 41.1 Å². The summed E-state index contributed by atoms with van der Waals surface area (Å²) < 4.78 is 55.2. The summed E-state index contributed by atoms with van der Waals surface area (Å²) in [4.78, 5) is 14.4. The van der Waals surface area contributed by atoms with Crippen molar-refractivity contribution in [2.45, 2.75) is 24.2 Å². The molecule has 3 nitrogen and oxygen atoms in total. The van der Waals surface area contributed by atoms with Crippen molar-refractivity contribution < 1.29 is 22.4 Å². The summed E-state index contributed by atoms with van der Waals surface area (Å²) in [7, 11) is 0. The summed E-state index contributed by atoms with van der Waals surface area (Å²) in [6.07, 6.45) is 0. The lowest BCUT2D eigenvalue weighted by Gasteiger charge is -2.52. The second kappa shape index (κ2) is 9.82. The van der Waals surface area contributed by atoms with Crippen LogP contribution in [0.15, 0.2) is 97.1 Å². The minimum Gasteiger partial charge on any atom is -0.302 e. The van der Waals surface area contributed by atoms with Crippen LogP contribution in [-0.4, -0.2) is 5.78 Å². The maximum atomic E-state index is 14.4. The van der Waals surface area contributed by atoms with Gasteiger partial charge in [-0.15, -0.1) is 0 Å². The van der Waals surface area contributed by atoms with E-state index in [1.807, 2.05) is 0 Å². The number of benzene rings is 4. The Morgan fingerprint density at radius 1 is 0.395 bits per heavy atom. The number of halogens is 4. The molecule has 0 radical (unpaired) electrons. The van der Waals surface area contributed by atoms with E-state index < -0.39 is 59.3 Å². The van der Waals surface area contributed by atoms with Crippen molar-refractivity contribution in [1.82, 2.24) is 10.6 Å². The first-order chi connectivity index (χ1) is 18.4. The zero-order valence-corrected chi connectivity index (χ0v) is 20.1. The highest BCUT2D eigenvalue weighted by Crippen LogP contribution is 2.52. The Kier molecular flexibility index (Phi) is 6.33. The van der Waals surface area contributed by atoms with Crippen LogP contribution in [0.3, 0.4) is 0 Å². The Morgan fingerprint density at radius 2 is 0.605 bits per heavy atom. The summed E-state index contributed by atoms with van der Waals surface area (Å²) in [6, 6.07) is 22.0. The van der Waals surface area contributed by atoms with Gasteiger partial charge in [0.1, 0.15) is 29.1 Å². The molecule has 192 valence electrons. The molecule has 38 heavy (non-hydrogen) atoms. The summed E-state index contributed by atoms with van der Waals surface area (Å²) in [5.41, 5.74) is 2.91. The van der Waals surface area contributed by atoms with Crippen LogP contribution in [0, 0.1) is 35.1 Å². The second-order valence-corrected chi connectivity index (χ2v) is 9.90. The van der Waals surface area contributed by atoms with Crippen LogP contribution in [0.5, 0.6) is 0 Å². The molecule has 2 aliphatic rings. The lowest BCUT2D eigenvalue weighted by atomic mass is 9.64. The maximum absolute atomic E-state index is 14.4. The van der Waals surface area contributed by atoms with Gasteiger partial charge in [0, 0.05) is 24.2 Å². The molecule has 4 aromatic rings. The molecule has 4 aromatic carbocycles. The Labute approximate surface area is 217 Å². The van der Waals surface area contributed by atoms with Gasteiger partial charge in [-0.3, -0.25) is 4.79 Å². The Balaban J connectivity index is 1.51. The molecule has 0 aromatic heterocycles. The summed E-state index contributed by atoms with van der Waals surface area (Å²) in [5.74, 6) is -2.81. The van der Waals surface area contributed by atoms with Crippen molar-refractivity contribution in [1.29, 1.82) is 0 Å².